The Balaban J connectivity index is 2.26. The van der Waals surface area contributed by atoms with Gasteiger partial charge < -0.3 is 0 Å². The Labute approximate surface area is 116 Å². The summed E-state index contributed by atoms with van der Waals surface area (Å²) in [5, 5.41) is 1.74. The van der Waals surface area contributed by atoms with Crippen molar-refractivity contribution in [3.8, 4) is 11.1 Å². The van der Waals surface area contributed by atoms with Gasteiger partial charge in [0.15, 0.2) is 5.03 Å². The average molecular weight is 285 g/mol. The first-order valence-electron chi connectivity index (χ1n) is 5.97. The summed E-state index contributed by atoms with van der Waals surface area (Å²) < 4.78 is 32.0. The number of benzene rings is 2. The van der Waals surface area contributed by atoms with Crippen molar-refractivity contribution in [2.45, 2.75) is 5.03 Å². The van der Waals surface area contributed by atoms with Crippen molar-refractivity contribution < 1.29 is 13.0 Å². The molecule has 100 valence electrons. The molecule has 1 heterocycles. The smallest absolute Gasteiger partial charge is 0.281 e. The van der Waals surface area contributed by atoms with Crippen LogP contribution in [0, 0.1) is 0 Å². The highest BCUT2D eigenvalue weighted by Gasteiger charge is 2.17. The summed E-state index contributed by atoms with van der Waals surface area (Å²) in [5.74, 6) is 0. The zero-order chi connectivity index (χ0) is 14.2. The second kappa shape index (κ2) is 4.70. The lowest BCUT2D eigenvalue weighted by molar-refractivity contribution is 0.479. The molecule has 0 saturated heterocycles. The quantitative estimate of drug-likeness (QED) is 0.734. The molecule has 4 nitrogen and oxygen atoms in total. The summed E-state index contributed by atoms with van der Waals surface area (Å²) in [5.41, 5.74) is 1.09. The first kappa shape index (κ1) is 12.8. The van der Waals surface area contributed by atoms with Gasteiger partial charge >= 0.3 is 10.1 Å². The molecule has 0 radical (unpaired) electrons. The molecular formula is C15H11NO3S. The van der Waals surface area contributed by atoms with Gasteiger partial charge in [0.1, 0.15) is 0 Å². The molecule has 0 saturated carbocycles. The summed E-state index contributed by atoms with van der Waals surface area (Å²) in [7, 11) is -4.35. The molecule has 1 N–H and O–H groups in total. The van der Waals surface area contributed by atoms with Crippen LogP contribution in [0.15, 0.2) is 65.8 Å². The topological polar surface area (TPSA) is 67.3 Å². The molecule has 0 bridgehead atoms. The maximum atomic E-state index is 11.4. The van der Waals surface area contributed by atoms with E-state index in [0.717, 1.165) is 10.8 Å². The van der Waals surface area contributed by atoms with E-state index in [0.29, 0.717) is 11.1 Å². The van der Waals surface area contributed by atoms with Gasteiger partial charge in [0.2, 0.25) is 0 Å². The summed E-state index contributed by atoms with van der Waals surface area (Å²) in [4.78, 5) is 3.77. The van der Waals surface area contributed by atoms with Crippen LogP contribution < -0.4 is 0 Å². The highest BCUT2D eigenvalue weighted by molar-refractivity contribution is 7.85. The Morgan fingerprint density at radius 1 is 0.900 bits per heavy atom. The maximum absolute atomic E-state index is 11.4. The van der Waals surface area contributed by atoms with E-state index in [1.54, 1.807) is 12.1 Å². The Morgan fingerprint density at radius 3 is 2.40 bits per heavy atom. The average Bonchev–Trinajstić information content (AvgIpc) is 2.46. The van der Waals surface area contributed by atoms with E-state index in [1.807, 2.05) is 42.5 Å². The summed E-state index contributed by atoms with van der Waals surface area (Å²) >= 11 is 0. The van der Waals surface area contributed by atoms with E-state index in [9.17, 15) is 13.0 Å². The van der Waals surface area contributed by atoms with Crippen molar-refractivity contribution in [3.63, 3.8) is 0 Å². The van der Waals surface area contributed by atoms with Crippen LogP contribution in [0.4, 0.5) is 0 Å². The molecule has 0 aliphatic rings. The molecule has 0 aliphatic heterocycles. The minimum absolute atomic E-state index is 0.324. The molecule has 5 heteroatoms. The van der Waals surface area contributed by atoms with Crippen LogP contribution >= 0.6 is 0 Å². The summed E-state index contributed by atoms with van der Waals surface area (Å²) in [6, 6.07) is 16.6. The second-order valence-corrected chi connectivity index (χ2v) is 5.73. The number of hydrogen-bond acceptors (Lipinski definition) is 3. The van der Waals surface area contributed by atoms with E-state index in [2.05, 4.69) is 4.98 Å². The van der Waals surface area contributed by atoms with Gasteiger partial charge in [-0.05, 0) is 34.5 Å². The fraction of sp³-hybridized carbons (Fsp3) is 0. The fourth-order valence-electron chi connectivity index (χ4n) is 2.17. The monoisotopic (exact) mass is 285 g/mol. The van der Waals surface area contributed by atoms with Gasteiger partial charge in [-0.25, -0.2) is 4.98 Å². The predicted molar refractivity (Wildman–Crippen MR) is 77.0 cm³/mol. The van der Waals surface area contributed by atoms with Crippen LogP contribution in [0.3, 0.4) is 0 Å². The molecular weight excluding hydrogens is 274 g/mol. The molecule has 2 aromatic carbocycles. The number of rotatable bonds is 2. The third-order valence-electron chi connectivity index (χ3n) is 3.08. The first-order chi connectivity index (χ1) is 9.55. The van der Waals surface area contributed by atoms with Crippen molar-refractivity contribution in [2.24, 2.45) is 0 Å². The lowest BCUT2D eigenvalue weighted by atomic mass is 10.0. The summed E-state index contributed by atoms with van der Waals surface area (Å²) in [6.07, 6.45) is 1.34. The molecule has 3 rings (SSSR count). The molecule has 0 unspecified atom stereocenters. The summed E-state index contributed by atoms with van der Waals surface area (Å²) in [6.45, 7) is 0. The van der Waals surface area contributed by atoms with Gasteiger partial charge in [-0.1, -0.05) is 36.4 Å². The third-order valence-corrected chi connectivity index (χ3v) is 3.89. The first-order valence-corrected chi connectivity index (χ1v) is 7.41. The molecule has 0 aliphatic carbocycles. The lowest BCUT2D eigenvalue weighted by Crippen LogP contribution is -2.03. The van der Waals surface area contributed by atoms with E-state index in [4.69, 9.17) is 0 Å². The number of hydrogen-bond donors (Lipinski definition) is 1. The molecule has 0 spiro atoms. The van der Waals surface area contributed by atoms with E-state index in [-0.39, 0.29) is 5.03 Å². The largest absolute Gasteiger partial charge is 0.312 e. The van der Waals surface area contributed by atoms with E-state index in [1.165, 1.54) is 6.20 Å². The maximum Gasteiger partial charge on any atom is 0.312 e. The van der Waals surface area contributed by atoms with Crippen LogP contribution in [0.1, 0.15) is 0 Å². The Morgan fingerprint density at radius 2 is 1.65 bits per heavy atom. The van der Waals surface area contributed by atoms with Gasteiger partial charge in [-0.15, -0.1) is 0 Å². The van der Waals surface area contributed by atoms with Crippen molar-refractivity contribution in [1.82, 2.24) is 4.98 Å². The highest BCUT2D eigenvalue weighted by atomic mass is 32.2. The van der Waals surface area contributed by atoms with Crippen LogP contribution in [0.2, 0.25) is 0 Å². The van der Waals surface area contributed by atoms with Gasteiger partial charge in [0, 0.05) is 11.8 Å². The van der Waals surface area contributed by atoms with Crippen molar-refractivity contribution in [3.05, 3.63) is 60.8 Å². The molecule has 1 aromatic heterocycles. The zero-order valence-corrected chi connectivity index (χ0v) is 11.2. The minimum Gasteiger partial charge on any atom is -0.281 e. The molecule has 20 heavy (non-hydrogen) atoms. The Kier molecular flexibility index (Phi) is 3.00. The lowest BCUT2D eigenvalue weighted by Gasteiger charge is -2.07. The highest BCUT2D eigenvalue weighted by Crippen LogP contribution is 2.28. The third kappa shape index (κ3) is 2.29. The van der Waals surface area contributed by atoms with Crippen LogP contribution in [0.25, 0.3) is 21.9 Å². The number of fused-ring (bicyclic) bond motifs is 1. The zero-order valence-electron chi connectivity index (χ0n) is 10.4. The van der Waals surface area contributed by atoms with Crippen molar-refractivity contribution >= 4 is 20.9 Å². The second-order valence-electron chi connectivity index (χ2n) is 4.39. The fourth-order valence-corrected chi connectivity index (χ4v) is 2.83. The number of pyridine rings is 1. The number of nitrogens with zero attached hydrogens (tertiary/aromatic N) is 1. The van der Waals surface area contributed by atoms with E-state index < -0.39 is 10.1 Å². The predicted octanol–water partition coefficient (Wildman–Crippen LogP) is 3.15. The normalized spacial score (nSPS) is 11.7. The van der Waals surface area contributed by atoms with Crippen LogP contribution in [0.5, 0.6) is 0 Å². The van der Waals surface area contributed by atoms with Gasteiger partial charge in [0.05, 0.1) is 0 Å². The standard InChI is InChI=1S/C15H11NO3S/c17-20(18,19)15-14(6-3-9-16-15)13-8-7-11-4-1-2-5-12(11)10-13/h1-10H,(H,17,18,19). The Hall–Kier alpha value is -2.24. The molecule has 3 aromatic rings. The van der Waals surface area contributed by atoms with Gasteiger partial charge in [-0.3, -0.25) is 4.55 Å². The molecule has 0 fully saturated rings. The SMILES string of the molecule is O=S(=O)(O)c1ncccc1-c1ccc2ccccc2c1. The number of aromatic nitrogens is 1. The van der Waals surface area contributed by atoms with Crippen LogP contribution in [-0.2, 0) is 10.1 Å². The van der Waals surface area contributed by atoms with Crippen molar-refractivity contribution in [1.29, 1.82) is 0 Å². The van der Waals surface area contributed by atoms with Gasteiger partial charge in [-0.2, -0.15) is 8.42 Å². The molecule has 0 amide bonds. The Bertz CT molecular complexity index is 888. The van der Waals surface area contributed by atoms with Gasteiger partial charge in [0.25, 0.3) is 0 Å². The van der Waals surface area contributed by atoms with E-state index >= 15 is 0 Å². The van der Waals surface area contributed by atoms with Crippen LogP contribution in [-0.4, -0.2) is 18.0 Å². The van der Waals surface area contributed by atoms with Crippen molar-refractivity contribution in [2.75, 3.05) is 0 Å². The molecule has 0 atom stereocenters. The minimum atomic E-state index is -4.35.